The lowest BCUT2D eigenvalue weighted by molar-refractivity contribution is 0.103. The van der Waals surface area contributed by atoms with Crippen molar-refractivity contribution < 1.29 is 4.79 Å². The molecule has 0 spiro atoms. The monoisotopic (exact) mass is 281 g/mol. The number of benzene rings is 2. The lowest BCUT2D eigenvalue weighted by Crippen LogP contribution is -2.28. The van der Waals surface area contributed by atoms with Crippen LogP contribution in [-0.2, 0) is 0 Å². The maximum Gasteiger partial charge on any atom is 0.314 e. The van der Waals surface area contributed by atoms with E-state index in [1.165, 1.54) is 6.07 Å². The first kappa shape index (κ1) is 12.9. The van der Waals surface area contributed by atoms with Crippen LogP contribution in [0.2, 0.25) is 0 Å². The summed E-state index contributed by atoms with van der Waals surface area (Å²) >= 11 is 0. The van der Waals surface area contributed by atoms with Gasteiger partial charge in [-0.3, -0.25) is 14.4 Å². The van der Waals surface area contributed by atoms with Crippen LogP contribution in [0.25, 0.3) is 11.0 Å². The number of rotatable bonds is 2. The number of nitrogens with two attached hydrogens (primary N) is 1. The second kappa shape index (κ2) is 4.75. The Labute approximate surface area is 118 Å². The topological polar surface area (TPSA) is 109 Å². The summed E-state index contributed by atoms with van der Waals surface area (Å²) in [5, 5.41) is 0. The van der Waals surface area contributed by atoms with E-state index in [0.29, 0.717) is 27.8 Å². The molecule has 2 aromatic carbocycles. The molecule has 6 heteroatoms. The van der Waals surface area contributed by atoms with E-state index in [9.17, 15) is 14.4 Å². The zero-order valence-electron chi connectivity index (χ0n) is 10.8. The number of H-pyrrole nitrogens is 2. The summed E-state index contributed by atoms with van der Waals surface area (Å²) in [7, 11) is 0. The summed E-state index contributed by atoms with van der Waals surface area (Å²) in [6, 6.07) is 11.3. The number of hydrogen-bond donors (Lipinski definition) is 3. The molecule has 1 heterocycles. The van der Waals surface area contributed by atoms with Crippen molar-refractivity contribution in [2.24, 2.45) is 0 Å². The van der Waals surface area contributed by atoms with Gasteiger partial charge >= 0.3 is 11.1 Å². The van der Waals surface area contributed by atoms with Crippen LogP contribution in [0.5, 0.6) is 0 Å². The van der Waals surface area contributed by atoms with Gasteiger partial charge in [0.05, 0.1) is 11.0 Å². The highest BCUT2D eigenvalue weighted by Gasteiger charge is 2.10. The lowest BCUT2D eigenvalue weighted by atomic mass is 10.0. The molecule has 0 radical (unpaired) electrons. The number of nitrogens with one attached hydrogen (secondary N) is 2. The quantitative estimate of drug-likeness (QED) is 0.370. The first-order chi connectivity index (χ1) is 10.0. The number of fused-ring (bicyclic) bond motifs is 1. The minimum Gasteiger partial charge on any atom is -0.399 e. The van der Waals surface area contributed by atoms with Gasteiger partial charge in [-0.05, 0) is 42.5 Å². The van der Waals surface area contributed by atoms with Gasteiger partial charge in [-0.25, -0.2) is 0 Å². The molecule has 0 unspecified atom stereocenters. The third kappa shape index (κ3) is 2.34. The summed E-state index contributed by atoms with van der Waals surface area (Å²) in [4.78, 5) is 39.8. The van der Waals surface area contributed by atoms with Gasteiger partial charge in [-0.15, -0.1) is 0 Å². The van der Waals surface area contributed by atoms with Crippen LogP contribution < -0.4 is 16.9 Å². The fraction of sp³-hybridized carbons (Fsp3) is 0. The van der Waals surface area contributed by atoms with Crippen molar-refractivity contribution in [3.05, 3.63) is 74.3 Å². The Morgan fingerprint density at radius 2 is 1.38 bits per heavy atom. The average molecular weight is 281 g/mol. The van der Waals surface area contributed by atoms with Crippen LogP contribution in [0.4, 0.5) is 5.69 Å². The maximum atomic E-state index is 12.3. The van der Waals surface area contributed by atoms with E-state index in [-0.39, 0.29) is 5.78 Å². The summed E-state index contributed by atoms with van der Waals surface area (Å²) in [6.07, 6.45) is 0. The van der Waals surface area contributed by atoms with Gasteiger partial charge in [-0.1, -0.05) is 0 Å². The number of anilines is 1. The number of carbonyl (C=O) groups excluding carboxylic acids is 1. The second-order valence-electron chi connectivity index (χ2n) is 4.62. The lowest BCUT2D eigenvalue weighted by Gasteiger charge is -2.03. The van der Waals surface area contributed by atoms with Gasteiger partial charge in [0.15, 0.2) is 5.78 Å². The third-order valence-corrected chi connectivity index (χ3v) is 3.16. The Balaban J connectivity index is 2.10. The fourth-order valence-corrected chi connectivity index (χ4v) is 2.06. The molecule has 21 heavy (non-hydrogen) atoms. The fourth-order valence-electron chi connectivity index (χ4n) is 2.06. The number of aromatic amines is 2. The predicted molar refractivity (Wildman–Crippen MR) is 79.5 cm³/mol. The van der Waals surface area contributed by atoms with Gasteiger partial charge < -0.3 is 15.7 Å². The number of hydrogen-bond acceptors (Lipinski definition) is 4. The van der Waals surface area contributed by atoms with Crippen LogP contribution in [0.15, 0.2) is 52.1 Å². The Kier molecular flexibility index (Phi) is 2.91. The van der Waals surface area contributed by atoms with Gasteiger partial charge in [0, 0.05) is 16.8 Å². The van der Waals surface area contributed by atoms with Gasteiger partial charge in [-0.2, -0.15) is 0 Å². The van der Waals surface area contributed by atoms with Crippen LogP contribution in [0, 0.1) is 0 Å². The zero-order valence-corrected chi connectivity index (χ0v) is 10.8. The van der Waals surface area contributed by atoms with Crippen molar-refractivity contribution in [3.63, 3.8) is 0 Å². The van der Waals surface area contributed by atoms with E-state index in [1.807, 2.05) is 0 Å². The SMILES string of the molecule is Nc1ccc(C(=O)c2ccc3[nH]c(=O)c(=O)[nH]c3c2)cc1. The van der Waals surface area contributed by atoms with Crippen LogP contribution >= 0.6 is 0 Å². The largest absolute Gasteiger partial charge is 0.399 e. The minimum atomic E-state index is -0.750. The summed E-state index contributed by atoms with van der Waals surface area (Å²) < 4.78 is 0. The van der Waals surface area contributed by atoms with Gasteiger partial charge in [0.2, 0.25) is 0 Å². The number of ketones is 1. The van der Waals surface area contributed by atoms with E-state index >= 15 is 0 Å². The highest BCUT2D eigenvalue weighted by Crippen LogP contribution is 2.15. The molecule has 0 atom stereocenters. The number of carbonyl (C=O) groups is 1. The molecule has 0 aliphatic carbocycles. The van der Waals surface area contributed by atoms with Crippen molar-refractivity contribution in [1.29, 1.82) is 0 Å². The Bertz CT molecular complexity index is 952. The van der Waals surface area contributed by atoms with Gasteiger partial charge in [0.25, 0.3) is 0 Å². The second-order valence-corrected chi connectivity index (χ2v) is 4.62. The molecule has 0 fully saturated rings. The van der Waals surface area contributed by atoms with Crippen molar-refractivity contribution in [3.8, 4) is 0 Å². The highest BCUT2D eigenvalue weighted by molar-refractivity contribution is 6.10. The first-order valence-electron chi connectivity index (χ1n) is 6.21. The van der Waals surface area contributed by atoms with Crippen LogP contribution in [-0.4, -0.2) is 15.8 Å². The van der Waals surface area contributed by atoms with E-state index in [0.717, 1.165) is 0 Å². The molecule has 3 rings (SSSR count). The van der Waals surface area contributed by atoms with E-state index < -0.39 is 11.1 Å². The zero-order chi connectivity index (χ0) is 15.0. The molecule has 4 N–H and O–H groups in total. The molecule has 0 bridgehead atoms. The predicted octanol–water partition coefficient (Wildman–Crippen LogP) is 1.03. The van der Waals surface area contributed by atoms with Crippen molar-refractivity contribution >= 4 is 22.5 Å². The van der Waals surface area contributed by atoms with Crippen LogP contribution in [0.1, 0.15) is 15.9 Å². The molecule has 1 aromatic heterocycles. The molecule has 3 aromatic rings. The number of nitrogen functional groups attached to an aromatic ring is 1. The molecule has 6 nitrogen and oxygen atoms in total. The summed E-state index contributed by atoms with van der Waals surface area (Å²) in [5.41, 5.74) is 6.47. The summed E-state index contributed by atoms with van der Waals surface area (Å²) in [6.45, 7) is 0. The molecular weight excluding hydrogens is 270 g/mol. The van der Waals surface area contributed by atoms with Crippen molar-refractivity contribution in [2.75, 3.05) is 5.73 Å². The molecule has 0 amide bonds. The van der Waals surface area contributed by atoms with E-state index in [4.69, 9.17) is 5.73 Å². The summed E-state index contributed by atoms with van der Waals surface area (Å²) in [5.74, 6) is -0.191. The maximum absolute atomic E-state index is 12.3. The number of aromatic nitrogens is 2. The van der Waals surface area contributed by atoms with Crippen LogP contribution in [0.3, 0.4) is 0 Å². The Morgan fingerprint density at radius 1 is 0.810 bits per heavy atom. The molecule has 0 saturated heterocycles. The highest BCUT2D eigenvalue weighted by atomic mass is 16.2. The Hall–Kier alpha value is -3.15. The first-order valence-corrected chi connectivity index (χ1v) is 6.21. The smallest absolute Gasteiger partial charge is 0.314 e. The van der Waals surface area contributed by atoms with Crippen molar-refractivity contribution in [1.82, 2.24) is 9.97 Å². The average Bonchev–Trinajstić information content (AvgIpc) is 2.48. The Morgan fingerprint density at radius 3 is 2.05 bits per heavy atom. The minimum absolute atomic E-state index is 0.191. The standard InChI is InChI=1S/C15H11N3O3/c16-10-4-1-8(2-5-10)13(19)9-3-6-11-12(7-9)18-15(21)14(20)17-11/h1-7H,16H2,(H,17,20)(H,18,21). The van der Waals surface area contributed by atoms with Crippen molar-refractivity contribution in [2.45, 2.75) is 0 Å². The van der Waals surface area contributed by atoms with Gasteiger partial charge in [0.1, 0.15) is 0 Å². The molecule has 104 valence electrons. The van der Waals surface area contributed by atoms with E-state index in [1.54, 1.807) is 36.4 Å². The normalized spacial score (nSPS) is 10.7. The van der Waals surface area contributed by atoms with E-state index in [2.05, 4.69) is 9.97 Å². The third-order valence-electron chi connectivity index (χ3n) is 3.16. The molecule has 0 saturated carbocycles. The molecule has 0 aliphatic rings. The molecule has 0 aliphatic heterocycles. The molecular formula is C15H11N3O3.